The molecule has 1 N–H and O–H groups in total. The summed E-state index contributed by atoms with van der Waals surface area (Å²) in [4.78, 5) is 24.2. The van der Waals surface area contributed by atoms with Gasteiger partial charge in [0.1, 0.15) is 11.6 Å². The highest BCUT2D eigenvalue weighted by molar-refractivity contribution is 7.99. The monoisotopic (exact) mass is 494 g/mol. The van der Waals surface area contributed by atoms with Gasteiger partial charge >= 0.3 is 5.97 Å². The Morgan fingerprint density at radius 1 is 0.886 bits per heavy atom. The van der Waals surface area contributed by atoms with Gasteiger partial charge in [-0.25, -0.2) is 8.78 Å². The third kappa shape index (κ3) is 6.51. The largest absolute Gasteiger partial charge is 0.455 e. The van der Waals surface area contributed by atoms with Gasteiger partial charge in [-0.15, -0.1) is 10.2 Å². The fourth-order valence-corrected chi connectivity index (χ4v) is 3.87. The van der Waals surface area contributed by atoms with Crippen molar-refractivity contribution in [2.24, 2.45) is 0 Å². The molecule has 7 nitrogen and oxygen atoms in total. The molecule has 0 spiro atoms. The Bertz CT molecular complexity index is 1300. The minimum absolute atomic E-state index is 0.0976. The predicted octanol–water partition coefficient (Wildman–Crippen LogP) is 4.16. The number of para-hydroxylation sites is 1. The Hall–Kier alpha value is -4.05. The van der Waals surface area contributed by atoms with Gasteiger partial charge < -0.3 is 10.1 Å². The number of hydrogen-bond donors (Lipinski definition) is 1. The fraction of sp³-hybridized carbons (Fsp3) is 0.120. The van der Waals surface area contributed by atoms with Gasteiger partial charge in [0.2, 0.25) is 0 Å². The van der Waals surface area contributed by atoms with E-state index in [0.717, 1.165) is 23.0 Å². The lowest BCUT2D eigenvalue weighted by atomic mass is 10.2. The number of aromatic nitrogens is 3. The minimum Gasteiger partial charge on any atom is -0.455 e. The van der Waals surface area contributed by atoms with Crippen molar-refractivity contribution in [1.82, 2.24) is 20.1 Å². The number of halogens is 2. The van der Waals surface area contributed by atoms with Gasteiger partial charge in [0.05, 0.1) is 5.75 Å². The van der Waals surface area contributed by atoms with Crippen LogP contribution < -0.4 is 5.32 Å². The van der Waals surface area contributed by atoms with E-state index in [9.17, 15) is 18.4 Å². The second kappa shape index (κ2) is 11.4. The quantitative estimate of drug-likeness (QED) is 0.278. The van der Waals surface area contributed by atoms with Crippen molar-refractivity contribution in [3.8, 4) is 17.1 Å². The first-order valence-electron chi connectivity index (χ1n) is 10.6. The summed E-state index contributed by atoms with van der Waals surface area (Å²) in [6.45, 7) is -0.245. The molecule has 0 unspecified atom stereocenters. The number of nitrogens with one attached hydrogen (secondary N) is 1. The van der Waals surface area contributed by atoms with E-state index in [0.29, 0.717) is 16.5 Å². The molecule has 10 heteroatoms. The summed E-state index contributed by atoms with van der Waals surface area (Å²) in [5.41, 5.74) is 2.15. The Morgan fingerprint density at radius 3 is 2.23 bits per heavy atom. The summed E-state index contributed by atoms with van der Waals surface area (Å²) in [5.74, 6) is -1.40. The van der Waals surface area contributed by atoms with E-state index in [1.54, 1.807) is 28.8 Å². The number of amides is 1. The predicted molar refractivity (Wildman–Crippen MR) is 127 cm³/mol. The number of carbonyl (C=O) groups is 2. The lowest BCUT2D eigenvalue weighted by molar-refractivity contribution is -0.145. The number of esters is 1. The van der Waals surface area contributed by atoms with Crippen molar-refractivity contribution in [2.45, 2.75) is 11.7 Å². The molecule has 0 atom stereocenters. The zero-order valence-corrected chi connectivity index (χ0v) is 19.2. The lowest BCUT2D eigenvalue weighted by Crippen LogP contribution is -2.28. The van der Waals surface area contributed by atoms with Gasteiger partial charge in [-0.2, -0.15) is 0 Å². The van der Waals surface area contributed by atoms with Crippen molar-refractivity contribution in [1.29, 1.82) is 0 Å². The smallest absolute Gasteiger partial charge is 0.316 e. The van der Waals surface area contributed by atoms with Gasteiger partial charge in [-0.05, 0) is 54.1 Å². The highest BCUT2D eigenvalue weighted by Gasteiger charge is 2.18. The van der Waals surface area contributed by atoms with Crippen molar-refractivity contribution in [3.05, 3.63) is 96.1 Å². The highest BCUT2D eigenvalue weighted by atomic mass is 32.2. The maximum absolute atomic E-state index is 13.4. The van der Waals surface area contributed by atoms with E-state index in [1.165, 1.54) is 24.3 Å². The summed E-state index contributed by atoms with van der Waals surface area (Å²) < 4.78 is 33.1. The first kappa shape index (κ1) is 24.1. The number of carbonyl (C=O) groups excluding carboxylic acids is 2. The van der Waals surface area contributed by atoms with E-state index >= 15 is 0 Å². The maximum atomic E-state index is 13.4. The number of ether oxygens (including phenoxy) is 1. The second-order valence-electron chi connectivity index (χ2n) is 7.34. The normalized spacial score (nSPS) is 10.7. The molecule has 1 heterocycles. The first-order valence-corrected chi connectivity index (χ1v) is 11.5. The number of benzene rings is 3. The molecule has 0 saturated carbocycles. The van der Waals surface area contributed by atoms with Crippen molar-refractivity contribution in [2.75, 3.05) is 12.4 Å². The van der Waals surface area contributed by atoms with Crippen LogP contribution in [0.25, 0.3) is 17.1 Å². The Labute approximate surface area is 204 Å². The van der Waals surface area contributed by atoms with Crippen LogP contribution in [-0.4, -0.2) is 39.0 Å². The van der Waals surface area contributed by atoms with Crippen molar-refractivity contribution >= 4 is 23.6 Å². The lowest BCUT2D eigenvalue weighted by Gasteiger charge is -2.10. The van der Waals surface area contributed by atoms with Gasteiger partial charge in [0.15, 0.2) is 17.6 Å². The van der Waals surface area contributed by atoms with Crippen LogP contribution in [0, 0.1) is 11.6 Å². The van der Waals surface area contributed by atoms with Crippen molar-refractivity contribution < 1.29 is 23.1 Å². The van der Waals surface area contributed by atoms with E-state index < -0.39 is 18.5 Å². The Morgan fingerprint density at radius 2 is 1.54 bits per heavy atom. The zero-order chi connectivity index (χ0) is 24.6. The summed E-state index contributed by atoms with van der Waals surface area (Å²) >= 11 is 1.11. The average Bonchev–Trinajstić information content (AvgIpc) is 3.31. The Kier molecular flexibility index (Phi) is 7.84. The second-order valence-corrected chi connectivity index (χ2v) is 8.28. The molecule has 4 aromatic rings. The standard InChI is InChI=1S/C25H20F2N4O3S/c26-19-10-6-17(7-11-19)14-28-22(32)15-34-23(33)16-35-25-30-29-24(18-8-12-20(27)13-9-18)31(25)21-4-2-1-3-5-21/h1-13H,14-16H2,(H,28,32). The van der Waals surface area contributed by atoms with Crippen LogP contribution in [0.4, 0.5) is 8.78 Å². The maximum Gasteiger partial charge on any atom is 0.316 e. The third-order valence-corrected chi connectivity index (χ3v) is 5.74. The molecule has 1 aromatic heterocycles. The molecule has 0 aliphatic rings. The summed E-state index contributed by atoms with van der Waals surface area (Å²) in [6.07, 6.45) is 0. The van der Waals surface area contributed by atoms with E-state index in [-0.39, 0.29) is 23.9 Å². The van der Waals surface area contributed by atoms with Crippen LogP contribution in [-0.2, 0) is 20.9 Å². The summed E-state index contributed by atoms with van der Waals surface area (Å²) in [6, 6.07) is 20.9. The molecule has 1 amide bonds. The van der Waals surface area contributed by atoms with E-state index in [2.05, 4.69) is 15.5 Å². The highest BCUT2D eigenvalue weighted by Crippen LogP contribution is 2.28. The molecule has 178 valence electrons. The van der Waals surface area contributed by atoms with Gasteiger partial charge in [-0.3, -0.25) is 14.2 Å². The van der Waals surface area contributed by atoms with Crippen LogP contribution in [0.2, 0.25) is 0 Å². The third-order valence-electron chi connectivity index (χ3n) is 4.84. The van der Waals surface area contributed by atoms with Gasteiger partial charge in [0.25, 0.3) is 5.91 Å². The van der Waals surface area contributed by atoms with Crippen LogP contribution >= 0.6 is 11.8 Å². The molecule has 0 bridgehead atoms. The number of hydrogen-bond acceptors (Lipinski definition) is 6. The molecule has 0 fully saturated rings. The molecular weight excluding hydrogens is 474 g/mol. The molecule has 3 aromatic carbocycles. The van der Waals surface area contributed by atoms with Crippen molar-refractivity contribution in [3.63, 3.8) is 0 Å². The van der Waals surface area contributed by atoms with Crippen LogP contribution in [0.1, 0.15) is 5.56 Å². The average molecular weight is 495 g/mol. The zero-order valence-electron chi connectivity index (χ0n) is 18.4. The molecule has 0 saturated heterocycles. The van der Waals surface area contributed by atoms with Crippen LogP contribution in [0.15, 0.2) is 84.0 Å². The summed E-state index contributed by atoms with van der Waals surface area (Å²) in [5, 5.41) is 11.5. The van der Waals surface area contributed by atoms with Crippen LogP contribution in [0.3, 0.4) is 0 Å². The van der Waals surface area contributed by atoms with E-state index in [1.807, 2.05) is 30.3 Å². The molecular formula is C25H20F2N4O3S. The van der Waals surface area contributed by atoms with E-state index in [4.69, 9.17) is 4.74 Å². The molecule has 0 aliphatic heterocycles. The van der Waals surface area contributed by atoms with Crippen LogP contribution in [0.5, 0.6) is 0 Å². The first-order chi connectivity index (χ1) is 17.0. The SMILES string of the molecule is O=C(COC(=O)CSc1nnc(-c2ccc(F)cc2)n1-c1ccccc1)NCc1ccc(F)cc1. The molecule has 0 aliphatic carbocycles. The number of thioether (sulfide) groups is 1. The molecule has 4 rings (SSSR count). The summed E-state index contributed by atoms with van der Waals surface area (Å²) in [7, 11) is 0. The number of rotatable bonds is 9. The fourth-order valence-electron chi connectivity index (χ4n) is 3.12. The minimum atomic E-state index is -0.599. The topological polar surface area (TPSA) is 86.1 Å². The Balaban J connectivity index is 1.36. The van der Waals surface area contributed by atoms with Gasteiger partial charge in [-0.1, -0.05) is 42.1 Å². The number of nitrogens with zero attached hydrogens (tertiary/aromatic N) is 3. The molecule has 0 radical (unpaired) electrons. The van der Waals surface area contributed by atoms with Gasteiger partial charge in [0, 0.05) is 17.8 Å². The molecule has 35 heavy (non-hydrogen) atoms.